The molecule has 16 heavy (non-hydrogen) atoms. The largest absolute Gasteiger partial charge is 0.434 e. The molecule has 0 amide bonds. The number of para-hydroxylation sites is 1. The average Bonchev–Trinajstić information content (AvgIpc) is 2.84. The molecule has 1 aromatic carbocycles. The third-order valence-corrected chi connectivity index (χ3v) is 3.34. The van der Waals surface area contributed by atoms with E-state index in [0.717, 1.165) is 11.1 Å². The van der Waals surface area contributed by atoms with Crippen molar-refractivity contribution in [2.45, 2.75) is 0 Å². The van der Waals surface area contributed by atoms with E-state index in [9.17, 15) is 0 Å². The van der Waals surface area contributed by atoms with E-state index in [-0.39, 0.29) is 0 Å². The number of thiophene rings is 1. The lowest BCUT2D eigenvalue weighted by atomic mass is 10.3. The highest BCUT2D eigenvalue weighted by atomic mass is 35.5. The Labute approximate surface area is 100 Å². The number of nitrogen functional groups attached to an aromatic ring is 1. The molecule has 0 atom stereocenters. The zero-order valence-electron chi connectivity index (χ0n) is 8.11. The van der Waals surface area contributed by atoms with Gasteiger partial charge in [0, 0.05) is 0 Å². The maximum Gasteiger partial charge on any atom is 0.230 e. The summed E-state index contributed by atoms with van der Waals surface area (Å²) in [6.07, 6.45) is 0. The summed E-state index contributed by atoms with van der Waals surface area (Å²) in [6.45, 7) is 0. The maximum atomic E-state index is 6.01. The Morgan fingerprint density at radius 3 is 2.88 bits per heavy atom. The lowest BCUT2D eigenvalue weighted by Gasteiger charge is -1.91. The van der Waals surface area contributed by atoms with E-state index in [1.54, 1.807) is 6.07 Å². The molecular formula is C11H7ClN2OS. The van der Waals surface area contributed by atoms with Crippen molar-refractivity contribution in [2.24, 2.45) is 0 Å². The third-order valence-electron chi connectivity index (χ3n) is 2.29. The van der Waals surface area contributed by atoms with Crippen LogP contribution in [-0.2, 0) is 0 Å². The monoisotopic (exact) mass is 250 g/mol. The van der Waals surface area contributed by atoms with Crippen molar-refractivity contribution >= 4 is 39.0 Å². The third kappa shape index (κ3) is 1.38. The lowest BCUT2D eigenvalue weighted by molar-refractivity contribution is 0.620. The molecule has 0 spiro atoms. The van der Waals surface area contributed by atoms with Gasteiger partial charge in [0.2, 0.25) is 5.89 Å². The van der Waals surface area contributed by atoms with Gasteiger partial charge in [-0.2, -0.15) is 0 Å². The number of nitrogens with zero attached hydrogens (tertiary/aromatic N) is 1. The van der Waals surface area contributed by atoms with Crippen LogP contribution in [0.25, 0.3) is 22.6 Å². The molecule has 5 heteroatoms. The van der Waals surface area contributed by atoms with Gasteiger partial charge in [-0.3, -0.25) is 0 Å². The summed E-state index contributed by atoms with van der Waals surface area (Å²) < 4.78 is 5.61. The molecule has 3 aromatic rings. The molecule has 0 aliphatic heterocycles. The molecule has 0 aliphatic rings. The van der Waals surface area contributed by atoms with Crippen LogP contribution in [0.4, 0.5) is 5.00 Å². The van der Waals surface area contributed by atoms with E-state index in [1.807, 2.05) is 23.6 Å². The first-order valence-electron chi connectivity index (χ1n) is 4.64. The van der Waals surface area contributed by atoms with E-state index < -0.39 is 0 Å². The van der Waals surface area contributed by atoms with Crippen molar-refractivity contribution in [3.8, 4) is 11.5 Å². The van der Waals surface area contributed by atoms with Crippen molar-refractivity contribution < 1.29 is 4.42 Å². The van der Waals surface area contributed by atoms with Crippen LogP contribution >= 0.6 is 22.9 Å². The molecule has 0 saturated carbocycles. The fraction of sp³-hybridized carbons (Fsp3) is 0. The van der Waals surface area contributed by atoms with E-state index >= 15 is 0 Å². The van der Waals surface area contributed by atoms with E-state index in [4.69, 9.17) is 21.8 Å². The van der Waals surface area contributed by atoms with Crippen LogP contribution in [0.15, 0.2) is 34.1 Å². The van der Waals surface area contributed by atoms with E-state index in [2.05, 4.69) is 4.98 Å². The number of fused-ring (bicyclic) bond motifs is 1. The molecule has 2 N–H and O–H groups in total. The molecule has 0 aliphatic carbocycles. The van der Waals surface area contributed by atoms with Crippen molar-refractivity contribution in [1.29, 1.82) is 0 Å². The van der Waals surface area contributed by atoms with Gasteiger partial charge in [-0.15, -0.1) is 11.3 Å². The summed E-state index contributed by atoms with van der Waals surface area (Å²) in [5.74, 6) is 0.516. The van der Waals surface area contributed by atoms with Crippen LogP contribution < -0.4 is 5.73 Å². The van der Waals surface area contributed by atoms with Gasteiger partial charge in [0.05, 0.1) is 15.6 Å². The van der Waals surface area contributed by atoms with Gasteiger partial charge in [0.25, 0.3) is 0 Å². The zero-order valence-corrected chi connectivity index (χ0v) is 9.68. The normalized spacial score (nSPS) is 11.1. The van der Waals surface area contributed by atoms with Crippen LogP contribution in [-0.4, -0.2) is 4.98 Å². The minimum atomic E-state index is 0.516. The van der Waals surface area contributed by atoms with E-state index in [1.165, 1.54) is 11.3 Å². The lowest BCUT2D eigenvalue weighted by Crippen LogP contribution is -1.82. The number of rotatable bonds is 1. The fourth-order valence-electron chi connectivity index (χ4n) is 1.53. The summed E-state index contributed by atoms with van der Waals surface area (Å²) in [5, 5.41) is 3.16. The van der Waals surface area contributed by atoms with Crippen LogP contribution in [0.5, 0.6) is 0 Å². The van der Waals surface area contributed by atoms with Gasteiger partial charge in [-0.1, -0.05) is 17.7 Å². The highest BCUT2D eigenvalue weighted by Gasteiger charge is 2.13. The van der Waals surface area contributed by atoms with E-state index in [0.29, 0.717) is 21.5 Å². The van der Waals surface area contributed by atoms with Gasteiger partial charge < -0.3 is 10.2 Å². The highest BCUT2D eigenvalue weighted by Crippen LogP contribution is 2.33. The predicted molar refractivity (Wildman–Crippen MR) is 66.7 cm³/mol. The van der Waals surface area contributed by atoms with Crippen LogP contribution in [0.2, 0.25) is 5.02 Å². The van der Waals surface area contributed by atoms with Gasteiger partial charge in [0.1, 0.15) is 5.52 Å². The molecule has 2 heterocycles. The summed E-state index contributed by atoms with van der Waals surface area (Å²) in [4.78, 5) is 4.35. The number of nitrogens with two attached hydrogens (primary N) is 1. The fourth-order valence-corrected chi connectivity index (χ4v) is 2.37. The molecule has 0 fully saturated rings. The predicted octanol–water partition coefficient (Wildman–Crippen LogP) is 3.79. The first-order valence-corrected chi connectivity index (χ1v) is 5.90. The second kappa shape index (κ2) is 3.50. The Kier molecular flexibility index (Phi) is 2.12. The molecular weight excluding hydrogens is 244 g/mol. The first kappa shape index (κ1) is 9.69. The minimum absolute atomic E-state index is 0.516. The summed E-state index contributed by atoms with van der Waals surface area (Å²) in [6, 6.07) is 7.36. The molecule has 2 aromatic heterocycles. The standard InChI is InChI=1S/C11H7ClN2OS/c12-7-2-1-3-8-9(7)15-11(14-8)6-4-5-16-10(6)13/h1-5H,13H2. The molecule has 0 saturated heterocycles. The van der Waals surface area contributed by atoms with Gasteiger partial charge >= 0.3 is 0 Å². The first-order chi connectivity index (χ1) is 7.75. The SMILES string of the molecule is Nc1sccc1-c1nc2cccc(Cl)c2o1. The Morgan fingerprint density at radius 2 is 2.19 bits per heavy atom. The van der Waals surface area contributed by atoms with Crippen molar-refractivity contribution in [3.05, 3.63) is 34.7 Å². The number of hydrogen-bond donors (Lipinski definition) is 1. The molecule has 3 rings (SSSR count). The van der Waals surface area contributed by atoms with Crippen molar-refractivity contribution in [3.63, 3.8) is 0 Å². The Hall–Kier alpha value is -1.52. The Balaban J connectivity index is 2.27. The van der Waals surface area contributed by atoms with Gasteiger partial charge in [0.15, 0.2) is 5.58 Å². The Morgan fingerprint density at radius 1 is 1.31 bits per heavy atom. The van der Waals surface area contributed by atoms with Crippen LogP contribution in [0, 0.1) is 0 Å². The highest BCUT2D eigenvalue weighted by molar-refractivity contribution is 7.14. The average molecular weight is 251 g/mol. The minimum Gasteiger partial charge on any atom is -0.434 e. The van der Waals surface area contributed by atoms with Crippen LogP contribution in [0.1, 0.15) is 0 Å². The second-order valence-electron chi connectivity index (χ2n) is 3.31. The molecule has 0 radical (unpaired) electrons. The smallest absolute Gasteiger partial charge is 0.230 e. The molecule has 80 valence electrons. The van der Waals surface area contributed by atoms with Crippen LogP contribution in [0.3, 0.4) is 0 Å². The number of hydrogen-bond acceptors (Lipinski definition) is 4. The molecule has 3 nitrogen and oxygen atoms in total. The van der Waals surface area contributed by atoms with Gasteiger partial charge in [-0.25, -0.2) is 4.98 Å². The maximum absolute atomic E-state index is 6.01. The summed E-state index contributed by atoms with van der Waals surface area (Å²) >= 11 is 7.47. The quantitative estimate of drug-likeness (QED) is 0.715. The molecule has 0 unspecified atom stereocenters. The number of anilines is 1. The number of aromatic nitrogens is 1. The number of benzene rings is 1. The zero-order chi connectivity index (χ0) is 11.1. The van der Waals surface area contributed by atoms with Crippen molar-refractivity contribution in [2.75, 3.05) is 5.73 Å². The second-order valence-corrected chi connectivity index (χ2v) is 4.66. The summed E-state index contributed by atoms with van der Waals surface area (Å²) in [5.41, 5.74) is 7.98. The van der Waals surface area contributed by atoms with Gasteiger partial charge in [-0.05, 0) is 23.6 Å². The number of halogens is 1. The van der Waals surface area contributed by atoms with Crippen molar-refractivity contribution in [1.82, 2.24) is 4.98 Å². The Bertz CT molecular complexity index is 659. The summed E-state index contributed by atoms with van der Waals surface area (Å²) in [7, 11) is 0. The number of oxazole rings is 1. The molecule has 0 bridgehead atoms. The topological polar surface area (TPSA) is 52.0 Å².